The Labute approximate surface area is 144 Å². The molecule has 2 heteroatoms. The molecule has 0 atom stereocenters. The van der Waals surface area contributed by atoms with E-state index in [9.17, 15) is 0 Å². The molecule has 0 saturated heterocycles. The van der Waals surface area contributed by atoms with E-state index in [0.717, 1.165) is 37.9 Å². The van der Waals surface area contributed by atoms with Gasteiger partial charge in [0.15, 0.2) is 0 Å². The Kier molecular flexibility index (Phi) is 2.91. The summed E-state index contributed by atoms with van der Waals surface area (Å²) in [6, 6.07) is 24.8. The Morgan fingerprint density at radius 1 is 0.667 bits per heavy atom. The summed E-state index contributed by atoms with van der Waals surface area (Å²) < 4.78 is 6.02. The Balaban J connectivity index is 2.06. The second-order valence-corrected chi connectivity index (χ2v) is 6.39. The first-order chi connectivity index (χ1) is 11.8. The fraction of sp³-hybridized carbons (Fsp3) is 0. The van der Waals surface area contributed by atoms with Gasteiger partial charge in [-0.2, -0.15) is 0 Å². The smallest absolute Gasteiger partial charge is 0.142 e. The van der Waals surface area contributed by atoms with Crippen LogP contribution in [-0.4, -0.2) is 0 Å². The monoisotopic (exact) mass is 328 g/mol. The second kappa shape index (κ2) is 5.12. The zero-order valence-electron chi connectivity index (χ0n) is 12.8. The number of furan rings is 1. The fourth-order valence-electron chi connectivity index (χ4n) is 3.53. The molecule has 114 valence electrons. The molecule has 0 radical (unpaired) electrons. The van der Waals surface area contributed by atoms with Crippen molar-refractivity contribution in [2.45, 2.75) is 0 Å². The minimum absolute atomic E-state index is 0.735. The average molecular weight is 329 g/mol. The van der Waals surface area contributed by atoms with Gasteiger partial charge in [-0.25, -0.2) is 0 Å². The molecular weight excluding hydrogens is 316 g/mol. The van der Waals surface area contributed by atoms with Crippen LogP contribution in [0, 0.1) is 0 Å². The SMILES string of the molecule is Clc1ccc2c3ccccc3c3occ(-c4ccccc4)c3c2c1. The van der Waals surface area contributed by atoms with Gasteiger partial charge in [0.1, 0.15) is 5.58 Å². The largest absolute Gasteiger partial charge is 0.463 e. The van der Waals surface area contributed by atoms with Crippen molar-refractivity contribution in [1.29, 1.82) is 0 Å². The maximum Gasteiger partial charge on any atom is 0.142 e. The third-order valence-corrected chi connectivity index (χ3v) is 4.82. The van der Waals surface area contributed by atoms with E-state index in [4.69, 9.17) is 16.0 Å². The highest BCUT2D eigenvalue weighted by atomic mass is 35.5. The number of fused-ring (bicyclic) bond motifs is 6. The van der Waals surface area contributed by atoms with Crippen LogP contribution in [0.3, 0.4) is 0 Å². The highest BCUT2D eigenvalue weighted by Gasteiger charge is 2.16. The van der Waals surface area contributed by atoms with E-state index in [1.165, 1.54) is 10.8 Å². The lowest BCUT2D eigenvalue weighted by Crippen LogP contribution is -1.82. The molecule has 0 unspecified atom stereocenters. The molecule has 1 aromatic heterocycles. The van der Waals surface area contributed by atoms with Gasteiger partial charge in [0.2, 0.25) is 0 Å². The molecule has 1 heterocycles. The van der Waals surface area contributed by atoms with Crippen LogP contribution < -0.4 is 0 Å². The van der Waals surface area contributed by atoms with Gasteiger partial charge in [0.05, 0.1) is 6.26 Å². The Morgan fingerprint density at radius 3 is 2.21 bits per heavy atom. The fourth-order valence-corrected chi connectivity index (χ4v) is 3.70. The summed E-state index contributed by atoms with van der Waals surface area (Å²) >= 11 is 6.30. The van der Waals surface area contributed by atoms with Crippen molar-refractivity contribution in [3.63, 3.8) is 0 Å². The zero-order valence-corrected chi connectivity index (χ0v) is 13.5. The first kappa shape index (κ1) is 13.6. The minimum Gasteiger partial charge on any atom is -0.463 e. The average Bonchev–Trinajstić information content (AvgIpc) is 3.08. The maximum absolute atomic E-state index is 6.30. The Hall–Kier alpha value is -2.77. The van der Waals surface area contributed by atoms with Crippen LogP contribution in [0.25, 0.3) is 43.6 Å². The molecule has 0 aliphatic carbocycles. The number of rotatable bonds is 1. The minimum atomic E-state index is 0.735. The molecule has 0 N–H and O–H groups in total. The predicted octanol–water partition coefficient (Wildman–Crippen LogP) is 7.06. The lowest BCUT2D eigenvalue weighted by atomic mass is 9.95. The van der Waals surface area contributed by atoms with Crippen LogP contribution in [0.4, 0.5) is 0 Å². The number of halogens is 1. The van der Waals surface area contributed by atoms with Gasteiger partial charge in [-0.1, -0.05) is 72.3 Å². The third kappa shape index (κ3) is 1.88. The van der Waals surface area contributed by atoms with Gasteiger partial charge < -0.3 is 4.42 Å². The summed E-state index contributed by atoms with van der Waals surface area (Å²) in [5.74, 6) is 0. The normalized spacial score (nSPS) is 11.5. The van der Waals surface area contributed by atoms with Crippen LogP contribution in [-0.2, 0) is 0 Å². The quantitative estimate of drug-likeness (QED) is 0.300. The molecule has 0 amide bonds. The molecule has 5 aromatic rings. The molecule has 1 nitrogen and oxygen atoms in total. The molecule has 0 spiro atoms. The summed E-state index contributed by atoms with van der Waals surface area (Å²) in [6.45, 7) is 0. The maximum atomic E-state index is 6.30. The van der Waals surface area contributed by atoms with E-state index in [-0.39, 0.29) is 0 Å². The molecule has 4 aromatic carbocycles. The van der Waals surface area contributed by atoms with Crippen molar-refractivity contribution >= 4 is 44.1 Å². The Morgan fingerprint density at radius 2 is 1.38 bits per heavy atom. The van der Waals surface area contributed by atoms with E-state index in [1.54, 1.807) is 0 Å². The van der Waals surface area contributed by atoms with Crippen molar-refractivity contribution < 1.29 is 4.42 Å². The molecule has 0 bridgehead atoms. The second-order valence-electron chi connectivity index (χ2n) is 5.96. The molecule has 0 aliphatic rings. The molecule has 0 saturated carbocycles. The molecule has 24 heavy (non-hydrogen) atoms. The lowest BCUT2D eigenvalue weighted by Gasteiger charge is -2.08. The number of hydrogen-bond acceptors (Lipinski definition) is 1. The van der Waals surface area contributed by atoms with E-state index in [1.807, 2.05) is 42.7 Å². The number of hydrogen-bond donors (Lipinski definition) is 0. The summed E-state index contributed by atoms with van der Waals surface area (Å²) in [4.78, 5) is 0. The van der Waals surface area contributed by atoms with Crippen LogP contribution in [0.2, 0.25) is 5.02 Å². The van der Waals surface area contributed by atoms with E-state index in [2.05, 4.69) is 36.4 Å². The zero-order chi connectivity index (χ0) is 16.1. The van der Waals surface area contributed by atoms with Crippen molar-refractivity contribution in [1.82, 2.24) is 0 Å². The van der Waals surface area contributed by atoms with Crippen molar-refractivity contribution in [2.24, 2.45) is 0 Å². The first-order valence-electron chi connectivity index (χ1n) is 7.89. The van der Waals surface area contributed by atoms with Gasteiger partial charge in [-0.3, -0.25) is 0 Å². The molecule has 5 rings (SSSR count). The van der Waals surface area contributed by atoms with Crippen LogP contribution in [0.15, 0.2) is 83.5 Å². The molecular formula is C22H13ClO. The summed E-state index contributed by atoms with van der Waals surface area (Å²) in [7, 11) is 0. The van der Waals surface area contributed by atoms with E-state index in [0.29, 0.717) is 0 Å². The lowest BCUT2D eigenvalue weighted by molar-refractivity contribution is 0.620. The summed E-state index contributed by atoms with van der Waals surface area (Å²) in [5, 5.41) is 6.50. The number of benzene rings is 4. The topological polar surface area (TPSA) is 13.1 Å². The van der Waals surface area contributed by atoms with Crippen molar-refractivity contribution in [3.05, 3.63) is 84.1 Å². The Bertz CT molecular complexity index is 1200. The van der Waals surface area contributed by atoms with Crippen molar-refractivity contribution in [2.75, 3.05) is 0 Å². The highest BCUT2D eigenvalue weighted by molar-refractivity contribution is 6.33. The van der Waals surface area contributed by atoms with Crippen molar-refractivity contribution in [3.8, 4) is 11.1 Å². The summed E-state index contributed by atoms with van der Waals surface area (Å²) in [5.41, 5.74) is 3.16. The van der Waals surface area contributed by atoms with Crippen LogP contribution in [0.5, 0.6) is 0 Å². The van der Waals surface area contributed by atoms with Gasteiger partial charge in [-0.15, -0.1) is 0 Å². The van der Waals surface area contributed by atoms with Gasteiger partial charge in [0.25, 0.3) is 0 Å². The van der Waals surface area contributed by atoms with Gasteiger partial charge in [-0.05, 0) is 33.9 Å². The molecule has 0 fully saturated rings. The van der Waals surface area contributed by atoms with Gasteiger partial charge >= 0.3 is 0 Å². The highest BCUT2D eigenvalue weighted by Crippen LogP contribution is 2.41. The van der Waals surface area contributed by atoms with Crippen LogP contribution >= 0.6 is 11.6 Å². The van der Waals surface area contributed by atoms with Gasteiger partial charge in [0, 0.05) is 21.4 Å². The molecule has 0 aliphatic heterocycles. The van der Waals surface area contributed by atoms with Crippen LogP contribution in [0.1, 0.15) is 0 Å². The third-order valence-electron chi connectivity index (χ3n) is 4.59. The van der Waals surface area contributed by atoms with E-state index >= 15 is 0 Å². The summed E-state index contributed by atoms with van der Waals surface area (Å²) in [6.07, 6.45) is 1.85. The predicted molar refractivity (Wildman–Crippen MR) is 102 cm³/mol. The standard InChI is InChI=1S/C22H13ClO/c23-15-10-11-17-16-8-4-5-9-18(16)22-21(19(17)12-15)20(13-24-22)14-6-2-1-3-7-14/h1-13H. The van der Waals surface area contributed by atoms with E-state index < -0.39 is 0 Å². The first-order valence-corrected chi connectivity index (χ1v) is 8.27.